The zero-order valence-electron chi connectivity index (χ0n) is 11.1. The van der Waals surface area contributed by atoms with Gasteiger partial charge in [-0.2, -0.15) is 0 Å². The van der Waals surface area contributed by atoms with Gasteiger partial charge >= 0.3 is 0 Å². The van der Waals surface area contributed by atoms with Crippen LogP contribution in [0.3, 0.4) is 0 Å². The second-order valence-electron chi connectivity index (χ2n) is 4.45. The van der Waals surface area contributed by atoms with Crippen molar-refractivity contribution in [1.29, 1.82) is 0 Å². The molecule has 2 rings (SSSR count). The first-order chi connectivity index (χ1) is 9.83. The van der Waals surface area contributed by atoms with Crippen LogP contribution < -0.4 is 10.5 Å². The van der Waals surface area contributed by atoms with E-state index in [1.54, 1.807) is 31.2 Å². The lowest BCUT2D eigenvalue weighted by Gasteiger charge is -2.14. The van der Waals surface area contributed by atoms with E-state index in [1.165, 1.54) is 6.07 Å². The number of benzene rings is 1. The molecule has 0 radical (unpaired) electrons. The van der Waals surface area contributed by atoms with E-state index in [0.29, 0.717) is 10.8 Å². The smallest absolute Gasteiger partial charge is 0.245 e. The van der Waals surface area contributed by atoms with Crippen molar-refractivity contribution >= 4 is 37.6 Å². The van der Waals surface area contributed by atoms with Crippen LogP contribution in [0.5, 0.6) is 0 Å². The third-order valence-electron chi connectivity index (χ3n) is 2.90. The van der Waals surface area contributed by atoms with Crippen LogP contribution in [0, 0.1) is 0 Å². The minimum absolute atomic E-state index is 0.0313. The van der Waals surface area contributed by atoms with Gasteiger partial charge in [0.15, 0.2) is 4.67 Å². The van der Waals surface area contributed by atoms with Crippen LogP contribution in [0.4, 0.5) is 0 Å². The molecule has 8 heteroatoms. The molecule has 1 unspecified atom stereocenters. The second-order valence-corrected chi connectivity index (χ2v) is 7.29. The average Bonchev–Trinajstić information content (AvgIpc) is 2.81. The zero-order chi connectivity index (χ0) is 15.6. The maximum Gasteiger partial charge on any atom is 0.245 e. The van der Waals surface area contributed by atoms with Gasteiger partial charge in [-0.25, -0.2) is 13.1 Å². The summed E-state index contributed by atoms with van der Waals surface area (Å²) in [5, 5.41) is 0.596. The monoisotopic (exact) mass is 392 g/mol. The molecule has 1 aromatic heterocycles. The van der Waals surface area contributed by atoms with Crippen molar-refractivity contribution in [1.82, 2.24) is 4.72 Å². The number of hydrogen-bond donors (Lipinski definition) is 2. The number of nitrogens with one attached hydrogen (secondary N) is 1. The van der Waals surface area contributed by atoms with Crippen LogP contribution in [0.1, 0.15) is 24.3 Å². The van der Waals surface area contributed by atoms with Gasteiger partial charge < -0.3 is 10.2 Å². The van der Waals surface area contributed by atoms with Gasteiger partial charge in [-0.05, 0) is 40.5 Å². The molecule has 21 heavy (non-hydrogen) atoms. The molecule has 0 fully saturated rings. The van der Waals surface area contributed by atoms with Crippen molar-refractivity contribution in [3.63, 3.8) is 0 Å². The number of rotatable bonds is 5. The molecule has 0 aliphatic carbocycles. The minimum Gasteiger partial charge on any atom is -0.452 e. The van der Waals surface area contributed by atoms with Crippen molar-refractivity contribution < 1.29 is 12.8 Å². The van der Waals surface area contributed by atoms with Crippen molar-refractivity contribution in [3.05, 3.63) is 51.3 Å². The van der Waals surface area contributed by atoms with Crippen LogP contribution in [0.15, 0.2) is 44.3 Å². The Bertz CT molecular complexity index is 728. The average molecular weight is 394 g/mol. The summed E-state index contributed by atoms with van der Waals surface area (Å²) in [5.74, 6) is 0.390. The molecular weight excluding hydrogens is 380 g/mol. The number of halogens is 2. The van der Waals surface area contributed by atoms with Crippen LogP contribution in [0.25, 0.3) is 0 Å². The first-order valence-corrected chi connectivity index (χ1v) is 8.75. The molecule has 114 valence electrons. The molecule has 0 saturated heterocycles. The van der Waals surface area contributed by atoms with Gasteiger partial charge in [0.05, 0.1) is 6.54 Å². The molecular formula is C13H14BrClN2O3S. The van der Waals surface area contributed by atoms with E-state index in [9.17, 15) is 8.42 Å². The first kappa shape index (κ1) is 16.5. The highest BCUT2D eigenvalue weighted by atomic mass is 79.9. The number of hydrogen-bond acceptors (Lipinski definition) is 4. The zero-order valence-corrected chi connectivity index (χ0v) is 14.3. The molecule has 1 aromatic carbocycles. The molecule has 0 saturated carbocycles. The fraction of sp³-hybridized carbons (Fsp3) is 0.231. The van der Waals surface area contributed by atoms with Crippen molar-refractivity contribution in [2.75, 3.05) is 0 Å². The molecule has 2 aromatic rings. The molecule has 0 spiro atoms. The number of furan rings is 1. The van der Waals surface area contributed by atoms with Gasteiger partial charge in [-0.1, -0.05) is 23.7 Å². The summed E-state index contributed by atoms with van der Waals surface area (Å²) in [6, 6.07) is 7.96. The minimum atomic E-state index is -3.72. The molecule has 0 aliphatic rings. The Morgan fingerprint density at radius 3 is 2.52 bits per heavy atom. The molecule has 0 amide bonds. The summed E-state index contributed by atoms with van der Waals surface area (Å²) in [4.78, 5) is 0.0313. The largest absolute Gasteiger partial charge is 0.452 e. The van der Waals surface area contributed by atoms with E-state index >= 15 is 0 Å². The normalized spacial score (nSPS) is 13.3. The Balaban J connectivity index is 2.24. The SMILES string of the molecule is CC(NS(=O)(=O)c1cc(CN)oc1Br)c1ccc(Cl)cc1. The topological polar surface area (TPSA) is 85.3 Å². The summed E-state index contributed by atoms with van der Waals surface area (Å²) in [5.41, 5.74) is 6.25. The molecule has 1 heterocycles. The molecule has 1 atom stereocenters. The molecule has 0 aliphatic heterocycles. The summed E-state index contributed by atoms with van der Waals surface area (Å²) < 4.78 is 32.7. The standard InChI is InChI=1S/C13H14BrClN2O3S/c1-8(9-2-4-10(15)5-3-9)17-21(18,19)12-6-11(7-16)20-13(12)14/h2-6,8,17H,7,16H2,1H3. The first-order valence-electron chi connectivity index (χ1n) is 6.09. The van der Waals surface area contributed by atoms with E-state index in [-0.39, 0.29) is 16.1 Å². The van der Waals surface area contributed by atoms with E-state index < -0.39 is 16.1 Å². The van der Waals surface area contributed by atoms with Gasteiger partial charge in [0, 0.05) is 17.1 Å². The van der Waals surface area contributed by atoms with Gasteiger partial charge in [-0.15, -0.1) is 0 Å². The highest BCUT2D eigenvalue weighted by molar-refractivity contribution is 9.10. The third-order valence-corrected chi connectivity index (χ3v) is 5.55. The predicted octanol–water partition coefficient (Wildman–Crippen LogP) is 3.19. The maximum absolute atomic E-state index is 12.4. The lowest BCUT2D eigenvalue weighted by atomic mass is 10.1. The second kappa shape index (κ2) is 6.50. The Labute approximate surface area is 136 Å². The molecule has 5 nitrogen and oxygen atoms in total. The highest BCUT2D eigenvalue weighted by Gasteiger charge is 2.24. The fourth-order valence-electron chi connectivity index (χ4n) is 1.80. The van der Waals surface area contributed by atoms with Gasteiger partial charge in [-0.3, -0.25) is 0 Å². The Morgan fingerprint density at radius 1 is 1.38 bits per heavy atom. The molecule has 3 N–H and O–H groups in total. The Kier molecular flexibility index (Phi) is 5.11. The summed E-state index contributed by atoms with van der Waals surface area (Å²) in [6.45, 7) is 1.87. The van der Waals surface area contributed by atoms with Crippen molar-refractivity contribution in [2.24, 2.45) is 5.73 Å². The lowest BCUT2D eigenvalue weighted by molar-refractivity contribution is 0.483. The fourth-order valence-corrected chi connectivity index (χ4v) is 4.15. The summed E-state index contributed by atoms with van der Waals surface area (Å²) in [7, 11) is -3.72. The predicted molar refractivity (Wildman–Crippen MR) is 84.5 cm³/mol. The van der Waals surface area contributed by atoms with E-state index in [2.05, 4.69) is 20.7 Å². The van der Waals surface area contributed by atoms with Gasteiger partial charge in [0.1, 0.15) is 10.7 Å². The van der Waals surface area contributed by atoms with E-state index in [4.69, 9.17) is 21.8 Å². The van der Waals surface area contributed by atoms with Crippen LogP contribution in [-0.2, 0) is 16.6 Å². The number of nitrogens with two attached hydrogens (primary N) is 1. The Morgan fingerprint density at radius 2 is 2.00 bits per heavy atom. The maximum atomic E-state index is 12.4. The van der Waals surface area contributed by atoms with E-state index in [1.807, 2.05) is 0 Å². The highest BCUT2D eigenvalue weighted by Crippen LogP contribution is 2.27. The third kappa shape index (κ3) is 3.87. The van der Waals surface area contributed by atoms with Crippen LogP contribution in [0.2, 0.25) is 5.02 Å². The summed E-state index contributed by atoms with van der Waals surface area (Å²) in [6.07, 6.45) is 0. The van der Waals surface area contributed by atoms with Crippen molar-refractivity contribution in [3.8, 4) is 0 Å². The molecule has 0 bridgehead atoms. The number of sulfonamides is 1. The van der Waals surface area contributed by atoms with Gasteiger partial charge in [0.25, 0.3) is 0 Å². The lowest BCUT2D eigenvalue weighted by Crippen LogP contribution is -2.26. The van der Waals surface area contributed by atoms with E-state index in [0.717, 1.165) is 5.56 Å². The van der Waals surface area contributed by atoms with Crippen LogP contribution >= 0.6 is 27.5 Å². The van der Waals surface area contributed by atoms with Gasteiger partial charge in [0.2, 0.25) is 10.0 Å². The van der Waals surface area contributed by atoms with Crippen molar-refractivity contribution in [2.45, 2.75) is 24.4 Å². The van der Waals surface area contributed by atoms with Crippen LogP contribution in [-0.4, -0.2) is 8.42 Å². The summed E-state index contributed by atoms with van der Waals surface area (Å²) >= 11 is 8.91. The quantitative estimate of drug-likeness (QED) is 0.817. The Hall–Kier alpha value is -0.860.